The van der Waals surface area contributed by atoms with Crippen LogP contribution in [0.1, 0.15) is 29.9 Å². The Morgan fingerprint density at radius 1 is 1.04 bits per heavy atom. The molecule has 0 spiro atoms. The first-order chi connectivity index (χ1) is 12.8. The molecule has 2 heterocycles. The van der Waals surface area contributed by atoms with Crippen LogP contribution in [0.4, 0.5) is 0 Å². The molecule has 2 N–H and O–H groups in total. The van der Waals surface area contributed by atoms with Crippen molar-refractivity contribution in [2.75, 3.05) is 26.3 Å². The normalized spacial score (nSPS) is 25.3. The molecule has 3 atom stereocenters. The molecule has 27 heavy (non-hydrogen) atoms. The highest BCUT2D eigenvalue weighted by atomic mass is 35.5. The number of benzene rings is 2. The van der Waals surface area contributed by atoms with Crippen molar-refractivity contribution >= 4 is 12.4 Å². The first-order valence-corrected chi connectivity index (χ1v) is 9.64. The molecule has 2 aromatic rings. The van der Waals surface area contributed by atoms with E-state index in [9.17, 15) is 0 Å². The Balaban J connectivity index is 0.00000210. The van der Waals surface area contributed by atoms with E-state index in [0.29, 0.717) is 12.5 Å². The Morgan fingerprint density at radius 2 is 1.81 bits per heavy atom. The van der Waals surface area contributed by atoms with Gasteiger partial charge in [-0.15, -0.1) is 12.4 Å². The summed E-state index contributed by atoms with van der Waals surface area (Å²) in [6.45, 7) is 4.41. The monoisotopic (exact) mass is 388 g/mol. The standard InChI is InChI=1S/C22H28N2O2.ClH/c23-22-15-24(14-21(22)18-5-2-1-3-6-18)13-17-8-10-19(11-9-17)26-16-20-7-4-12-25-20;/h1-3,5-6,8-11,20-22H,4,7,12-16,23H2;1H/t20?,21-,22+;/m0./s1. The van der Waals surface area contributed by atoms with E-state index in [2.05, 4.69) is 59.5 Å². The molecule has 2 aliphatic rings. The summed E-state index contributed by atoms with van der Waals surface area (Å²) >= 11 is 0. The van der Waals surface area contributed by atoms with Crippen molar-refractivity contribution in [3.63, 3.8) is 0 Å². The third-order valence-electron chi connectivity index (χ3n) is 5.46. The lowest BCUT2D eigenvalue weighted by atomic mass is 9.95. The van der Waals surface area contributed by atoms with Crippen LogP contribution in [0.25, 0.3) is 0 Å². The average molecular weight is 389 g/mol. The van der Waals surface area contributed by atoms with Crippen molar-refractivity contribution in [2.45, 2.75) is 37.5 Å². The fourth-order valence-electron chi connectivity index (χ4n) is 4.01. The molecule has 0 saturated carbocycles. The van der Waals surface area contributed by atoms with E-state index >= 15 is 0 Å². The lowest BCUT2D eigenvalue weighted by molar-refractivity contribution is 0.0679. The maximum atomic E-state index is 6.40. The first-order valence-electron chi connectivity index (χ1n) is 9.64. The number of rotatable bonds is 6. The summed E-state index contributed by atoms with van der Waals surface area (Å²) in [6.07, 6.45) is 2.51. The van der Waals surface area contributed by atoms with Gasteiger partial charge in [0.2, 0.25) is 0 Å². The number of nitrogens with two attached hydrogens (primary N) is 1. The molecule has 2 aliphatic heterocycles. The fourth-order valence-corrected chi connectivity index (χ4v) is 4.01. The van der Waals surface area contributed by atoms with Gasteiger partial charge in [0.1, 0.15) is 12.4 Å². The van der Waals surface area contributed by atoms with E-state index in [0.717, 1.165) is 44.8 Å². The Bertz CT molecular complexity index is 689. The molecule has 0 radical (unpaired) electrons. The van der Waals surface area contributed by atoms with Crippen LogP contribution in [0, 0.1) is 0 Å². The van der Waals surface area contributed by atoms with Gasteiger partial charge in [0, 0.05) is 38.2 Å². The van der Waals surface area contributed by atoms with Gasteiger partial charge in [-0.1, -0.05) is 42.5 Å². The first kappa shape index (κ1) is 20.2. The minimum absolute atomic E-state index is 0. The van der Waals surface area contributed by atoms with Crippen LogP contribution >= 0.6 is 12.4 Å². The summed E-state index contributed by atoms with van der Waals surface area (Å²) in [5.74, 6) is 1.34. The highest BCUT2D eigenvalue weighted by Gasteiger charge is 2.30. The summed E-state index contributed by atoms with van der Waals surface area (Å²) in [5, 5.41) is 0. The van der Waals surface area contributed by atoms with Crippen LogP contribution in [-0.2, 0) is 11.3 Å². The molecular formula is C22H29ClN2O2. The summed E-state index contributed by atoms with van der Waals surface area (Å²) in [7, 11) is 0. The summed E-state index contributed by atoms with van der Waals surface area (Å²) < 4.78 is 11.4. The molecule has 1 unspecified atom stereocenters. The molecule has 2 aromatic carbocycles. The number of likely N-dealkylation sites (tertiary alicyclic amines) is 1. The predicted molar refractivity (Wildman–Crippen MR) is 111 cm³/mol. The van der Waals surface area contributed by atoms with E-state index in [4.69, 9.17) is 15.2 Å². The Kier molecular flexibility index (Phi) is 7.13. The number of hydrogen-bond donors (Lipinski definition) is 1. The van der Waals surface area contributed by atoms with Crippen LogP contribution in [0.15, 0.2) is 54.6 Å². The largest absolute Gasteiger partial charge is 0.491 e. The van der Waals surface area contributed by atoms with Gasteiger partial charge in [-0.3, -0.25) is 4.90 Å². The molecule has 2 fully saturated rings. The van der Waals surface area contributed by atoms with Crippen LogP contribution in [0.3, 0.4) is 0 Å². The molecule has 4 rings (SSSR count). The topological polar surface area (TPSA) is 47.7 Å². The highest BCUT2D eigenvalue weighted by Crippen LogP contribution is 2.27. The number of ether oxygens (including phenoxy) is 2. The van der Waals surface area contributed by atoms with E-state index < -0.39 is 0 Å². The van der Waals surface area contributed by atoms with E-state index in [-0.39, 0.29) is 24.6 Å². The minimum Gasteiger partial charge on any atom is -0.491 e. The van der Waals surface area contributed by atoms with Crippen LogP contribution in [-0.4, -0.2) is 43.3 Å². The summed E-state index contributed by atoms with van der Waals surface area (Å²) in [5.41, 5.74) is 9.05. The van der Waals surface area contributed by atoms with E-state index in [1.165, 1.54) is 11.1 Å². The number of halogens is 1. The predicted octanol–water partition coefficient (Wildman–Crippen LogP) is 3.59. The van der Waals surface area contributed by atoms with Crippen molar-refractivity contribution < 1.29 is 9.47 Å². The van der Waals surface area contributed by atoms with Crippen LogP contribution in [0.5, 0.6) is 5.75 Å². The molecule has 2 saturated heterocycles. The quantitative estimate of drug-likeness (QED) is 0.821. The van der Waals surface area contributed by atoms with Crippen LogP contribution < -0.4 is 10.5 Å². The zero-order valence-electron chi connectivity index (χ0n) is 15.6. The molecule has 0 aliphatic carbocycles. The SMILES string of the molecule is Cl.N[C@@H]1CN(Cc2ccc(OCC3CCCO3)cc2)C[C@H]1c1ccccc1. The summed E-state index contributed by atoms with van der Waals surface area (Å²) in [4.78, 5) is 2.45. The Hall–Kier alpha value is -1.59. The molecule has 5 heteroatoms. The molecule has 146 valence electrons. The van der Waals surface area contributed by atoms with Crippen molar-refractivity contribution in [3.8, 4) is 5.75 Å². The molecule has 0 bridgehead atoms. The van der Waals surface area contributed by atoms with E-state index in [1.54, 1.807) is 0 Å². The second-order valence-electron chi connectivity index (χ2n) is 7.47. The van der Waals surface area contributed by atoms with Gasteiger partial charge >= 0.3 is 0 Å². The molecule has 0 amide bonds. The molecule has 0 aromatic heterocycles. The lowest BCUT2D eigenvalue weighted by Crippen LogP contribution is -2.28. The maximum absolute atomic E-state index is 6.40. The molecular weight excluding hydrogens is 360 g/mol. The van der Waals surface area contributed by atoms with Gasteiger partial charge in [0.15, 0.2) is 0 Å². The summed E-state index contributed by atoms with van der Waals surface area (Å²) in [6, 6.07) is 19.3. The van der Waals surface area contributed by atoms with Gasteiger partial charge in [0.05, 0.1) is 6.10 Å². The second kappa shape index (κ2) is 9.56. The number of hydrogen-bond acceptors (Lipinski definition) is 4. The fraction of sp³-hybridized carbons (Fsp3) is 0.455. The second-order valence-corrected chi connectivity index (χ2v) is 7.47. The van der Waals surface area contributed by atoms with Gasteiger partial charge in [-0.05, 0) is 36.1 Å². The van der Waals surface area contributed by atoms with Gasteiger partial charge in [-0.2, -0.15) is 0 Å². The Labute approximate surface area is 168 Å². The zero-order valence-corrected chi connectivity index (χ0v) is 16.4. The van der Waals surface area contributed by atoms with Crippen molar-refractivity contribution in [2.24, 2.45) is 5.73 Å². The maximum Gasteiger partial charge on any atom is 0.119 e. The minimum atomic E-state index is 0. The third-order valence-corrected chi connectivity index (χ3v) is 5.46. The molecule has 4 nitrogen and oxygen atoms in total. The Morgan fingerprint density at radius 3 is 2.52 bits per heavy atom. The van der Waals surface area contributed by atoms with Gasteiger partial charge in [0.25, 0.3) is 0 Å². The van der Waals surface area contributed by atoms with Gasteiger partial charge < -0.3 is 15.2 Å². The highest BCUT2D eigenvalue weighted by molar-refractivity contribution is 5.85. The average Bonchev–Trinajstić information content (AvgIpc) is 3.31. The van der Waals surface area contributed by atoms with E-state index in [1.807, 2.05) is 0 Å². The van der Waals surface area contributed by atoms with Gasteiger partial charge in [-0.25, -0.2) is 0 Å². The van der Waals surface area contributed by atoms with Crippen LogP contribution in [0.2, 0.25) is 0 Å². The third kappa shape index (κ3) is 5.23. The van der Waals surface area contributed by atoms with Crippen molar-refractivity contribution in [3.05, 3.63) is 65.7 Å². The smallest absolute Gasteiger partial charge is 0.119 e. The number of nitrogens with zero attached hydrogens (tertiary/aromatic N) is 1. The van der Waals surface area contributed by atoms with Crippen molar-refractivity contribution in [1.29, 1.82) is 0 Å². The lowest BCUT2D eigenvalue weighted by Gasteiger charge is -2.17. The van der Waals surface area contributed by atoms with Crippen molar-refractivity contribution in [1.82, 2.24) is 4.90 Å². The zero-order chi connectivity index (χ0) is 17.8.